The average Bonchev–Trinajstić information content (AvgIpc) is 2.30. The van der Waals surface area contributed by atoms with Gasteiger partial charge in [-0.25, -0.2) is 4.79 Å². The summed E-state index contributed by atoms with van der Waals surface area (Å²) in [6, 6.07) is -0.158. The summed E-state index contributed by atoms with van der Waals surface area (Å²) in [6.07, 6.45) is 1.64. The molecule has 0 saturated heterocycles. The van der Waals surface area contributed by atoms with Crippen LogP contribution in [0, 0.1) is 11.3 Å². The number of hydrogen-bond acceptors (Lipinski definition) is 2. The summed E-state index contributed by atoms with van der Waals surface area (Å²) in [5, 5.41) is 9.03. The van der Waals surface area contributed by atoms with Gasteiger partial charge < -0.3 is 16.0 Å². The van der Waals surface area contributed by atoms with Gasteiger partial charge in [0.2, 0.25) is 5.91 Å². The summed E-state index contributed by atoms with van der Waals surface area (Å²) in [5.74, 6) is -0.0281. The molecule has 0 aliphatic rings. The van der Waals surface area contributed by atoms with E-state index in [1.807, 2.05) is 62.3 Å². The minimum Gasteiger partial charge on any atom is -0.351 e. The van der Waals surface area contributed by atoms with Gasteiger partial charge in [-0.15, -0.1) is 0 Å². The van der Waals surface area contributed by atoms with Crippen LogP contribution in [0.4, 0.5) is 4.79 Å². The van der Waals surface area contributed by atoms with Crippen molar-refractivity contribution in [3.63, 3.8) is 0 Å². The van der Waals surface area contributed by atoms with Gasteiger partial charge in [-0.1, -0.05) is 20.8 Å². The molecule has 0 aromatic rings. The molecule has 0 aliphatic heterocycles. The van der Waals surface area contributed by atoms with Crippen LogP contribution in [-0.4, -0.2) is 28.6 Å². The van der Waals surface area contributed by atoms with Crippen molar-refractivity contribution in [2.75, 3.05) is 0 Å². The Morgan fingerprint density at radius 3 is 1.56 bits per heavy atom. The Bertz CT molecular complexity index is 468. The highest BCUT2D eigenvalue weighted by Crippen LogP contribution is 2.34. The molecule has 3 N–H and O–H groups in total. The highest BCUT2D eigenvalue weighted by atomic mass is 16.2. The average molecular weight is 356 g/mol. The van der Waals surface area contributed by atoms with Crippen molar-refractivity contribution >= 4 is 11.9 Å². The topological polar surface area (TPSA) is 70.2 Å². The zero-order valence-corrected chi connectivity index (χ0v) is 18.3. The van der Waals surface area contributed by atoms with Crippen LogP contribution in [0.2, 0.25) is 0 Å². The molecule has 3 amide bonds. The Morgan fingerprint density at radius 1 is 0.720 bits per heavy atom. The first-order valence-corrected chi connectivity index (χ1v) is 9.27. The fraction of sp³-hybridized carbons (Fsp3) is 0.900. The van der Waals surface area contributed by atoms with Gasteiger partial charge in [-0.05, 0) is 73.6 Å². The van der Waals surface area contributed by atoms with E-state index in [0.29, 0.717) is 0 Å². The van der Waals surface area contributed by atoms with Crippen LogP contribution >= 0.6 is 0 Å². The van der Waals surface area contributed by atoms with E-state index in [1.54, 1.807) is 0 Å². The number of nitrogens with one attached hydrogen (secondary N) is 3. The van der Waals surface area contributed by atoms with Crippen LogP contribution in [0.5, 0.6) is 0 Å². The second-order valence-corrected chi connectivity index (χ2v) is 10.7. The Kier molecular flexibility index (Phi) is 7.56. The van der Waals surface area contributed by atoms with Crippen molar-refractivity contribution in [3.05, 3.63) is 0 Å². The molecule has 0 bridgehead atoms. The van der Waals surface area contributed by atoms with Gasteiger partial charge in [0.1, 0.15) is 0 Å². The molecule has 0 fully saturated rings. The van der Waals surface area contributed by atoms with Crippen molar-refractivity contribution in [2.45, 2.75) is 106 Å². The predicted octanol–water partition coefficient (Wildman–Crippen LogP) is 4.22. The highest BCUT2D eigenvalue weighted by Gasteiger charge is 2.35. The lowest BCUT2D eigenvalue weighted by Gasteiger charge is -2.37. The van der Waals surface area contributed by atoms with E-state index in [4.69, 9.17) is 0 Å². The smallest absolute Gasteiger partial charge is 0.315 e. The summed E-state index contributed by atoms with van der Waals surface area (Å²) >= 11 is 0. The van der Waals surface area contributed by atoms with Gasteiger partial charge in [-0.3, -0.25) is 4.79 Å². The third kappa shape index (κ3) is 10.4. The van der Waals surface area contributed by atoms with Gasteiger partial charge in [0.25, 0.3) is 0 Å². The summed E-state index contributed by atoms with van der Waals surface area (Å²) < 4.78 is 0. The van der Waals surface area contributed by atoms with Crippen LogP contribution in [0.15, 0.2) is 0 Å². The fourth-order valence-corrected chi connectivity index (χ4v) is 2.43. The molecule has 0 heterocycles. The minimum absolute atomic E-state index is 0.0775. The van der Waals surface area contributed by atoms with Crippen LogP contribution in [0.1, 0.15) is 89.0 Å². The zero-order valence-electron chi connectivity index (χ0n) is 18.3. The number of urea groups is 1. The van der Waals surface area contributed by atoms with Crippen LogP contribution in [0.25, 0.3) is 0 Å². The summed E-state index contributed by atoms with van der Waals surface area (Å²) in [5.41, 5.74) is -0.992. The van der Waals surface area contributed by atoms with E-state index >= 15 is 0 Å². The first-order chi connectivity index (χ1) is 10.8. The summed E-state index contributed by atoms with van der Waals surface area (Å²) in [7, 11) is 0. The van der Waals surface area contributed by atoms with Crippen LogP contribution in [-0.2, 0) is 4.79 Å². The van der Waals surface area contributed by atoms with Crippen LogP contribution < -0.4 is 16.0 Å². The zero-order chi connectivity index (χ0) is 20.3. The highest BCUT2D eigenvalue weighted by molar-refractivity contribution is 5.79. The number of hydrogen-bond donors (Lipinski definition) is 3. The molecule has 1 atom stereocenters. The van der Waals surface area contributed by atoms with Crippen molar-refractivity contribution < 1.29 is 9.59 Å². The largest absolute Gasteiger partial charge is 0.351 e. The number of amides is 3. The first kappa shape index (κ1) is 23.7. The summed E-state index contributed by atoms with van der Waals surface area (Å²) in [6.45, 7) is 22.1. The van der Waals surface area contributed by atoms with Gasteiger partial charge in [0, 0.05) is 22.5 Å². The molecule has 5 nitrogen and oxygen atoms in total. The lowest BCUT2D eigenvalue weighted by molar-refractivity contribution is -0.129. The molecule has 1 unspecified atom stereocenters. The Labute approximate surface area is 155 Å². The second kappa shape index (κ2) is 7.96. The maximum Gasteiger partial charge on any atom is 0.315 e. The van der Waals surface area contributed by atoms with E-state index in [1.165, 1.54) is 0 Å². The van der Waals surface area contributed by atoms with Crippen LogP contribution in [0.3, 0.4) is 0 Å². The van der Waals surface area contributed by atoms with Gasteiger partial charge in [-0.2, -0.15) is 0 Å². The van der Waals surface area contributed by atoms with Gasteiger partial charge in [0.05, 0.1) is 0 Å². The normalized spacial score (nSPS) is 14.7. The maximum absolute atomic E-state index is 12.5. The van der Waals surface area contributed by atoms with Crippen molar-refractivity contribution in [3.8, 4) is 0 Å². The van der Waals surface area contributed by atoms with E-state index < -0.39 is 0 Å². The lowest BCUT2D eigenvalue weighted by Crippen LogP contribution is -2.53. The molecule has 5 heteroatoms. The molecule has 0 spiro atoms. The van der Waals surface area contributed by atoms with E-state index in [0.717, 1.165) is 12.8 Å². The van der Waals surface area contributed by atoms with Crippen molar-refractivity contribution in [1.82, 2.24) is 16.0 Å². The molecule has 0 aliphatic carbocycles. The molecular formula is C20H41N3O2. The fourth-order valence-electron chi connectivity index (χ4n) is 2.43. The third-order valence-corrected chi connectivity index (χ3v) is 4.40. The molecule has 0 radical (unpaired) electrons. The molecule has 25 heavy (non-hydrogen) atoms. The number of rotatable bonds is 6. The van der Waals surface area contributed by atoms with Gasteiger partial charge >= 0.3 is 6.03 Å². The number of carbonyl (C=O) groups excluding carboxylic acids is 2. The predicted molar refractivity (Wildman–Crippen MR) is 106 cm³/mol. The van der Waals surface area contributed by atoms with Crippen molar-refractivity contribution in [2.24, 2.45) is 11.3 Å². The first-order valence-electron chi connectivity index (χ1n) is 9.27. The molecular weight excluding hydrogens is 314 g/mol. The van der Waals surface area contributed by atoms with E-state index in [9.17, 15) is 9.59 Å². The monoisotopic (exact) mass is 355 g/mol. The lowest BCUT2D eigenvalue weighted by atomic mass is 9.73. The minimum atomic E-state index is -0.340. The second-order valence-electron chi connectivity index (χ2n) is 10.7. The summed E-state index contributed by atoms with van der Waals surface area (Å²) in [4.78, 5) is 24.6. The molecule has 0 saturated carbocycles. The van der Waals surface area contributed by atoms with E-state index in [-0.39, 0.29) is 39.9 Å². The Balaban J connectivity index is 4.74. The quantitative estimate of drug-likeness (QED) is 0.667. The standard InChI is InChI=1S/C20H41N3O2/c1-14(15(24)21-17(2,3)4)19(8,9)12-13-20(10,11)23-16(25)22-18(5,6)7/h14H,12-13H2,1-11H3,(H,21,24)(H2,22,23,25). The Morgan fingerprint density at radius 2 is 1.16 bits per heavy atom. The number of carbonyl (C=O) groups is 2. The molecule has 0 aromatic carbocycles. The van der Waals surface area contributed by atoms with Crippen molar-refractivity contribution in [1.29, 1.82) is 0 Å². The molecule has 148 valence electrons. The maximum atomic E-state index is 12.5. The third-order valence-electron chi connectivity index (χ3n) is 4.40. The molecule has 0 aromatic heterocycles. The Hall–Kier alpha value is -1.26. The van der Waals surface area contributed by atoms with E-state index in [2.05, 4.69) is 29.8 Å². The SMILES string of the molecule is CC(C(=O)NC(C)(C)C)C(C)(C)CCC(C)(C)NC(=O)NC(C)(C)C. The van der Waals surface area contributed by atoms with Gasteiger partial charge in [0.15, 0.2) is 0 Å². The molecule has 0 rings (SSSR count).